The van der Waals surface area contributed by atoms with E-state index in [1.54, 1.807) is 18.7 Å². The first-order chi connectivity index (χ1) is 4.27. The van der Waals surface area contributed by atoms with Crippen molar-refractivity contribution in [1.29, 1.82) is 0 Å². The third-order valence-corrected chi connectivity index (χ3v) is 1.79. The highest BCUT2D eigenvalue weighted by Gasteiger charge is 1.86. The molecule has 0 heterocycles. The van der Waals surface area contributed by atoms with Gasteiger partial charge in [0.25, 0.3) is 0 Å². The predicted octanol–water partition coefficient (Wildman–Crippen LogP) is 2.45. The van der Waals surface area contributed by atoms with E-state index in [1.165, 1.54) is 6.42 Å². The molecule has 0 bridgehead atoms. The summed E-state index contributed by atoms with van der Waals surface area (Å²) >= 11 is 6.48. The Balaban J connectivity index is 2.83. The highest BCUT2D eigenvalue weighted by atomic mass is 32.2. The molecule has 0 aliphatic heterocycles. The molecule has 0 N–H and O–H groups in total. The van der Waals surface area contributed by atoms with E-state index in [-0.39, 0.29) is 0 Å². The maximum atomic E-state index is 5.04. The van der Waals surface area contributed by atoms with Crippen molar-refractivity contribution < 1.29 is 4.74 Å². The van der Waals surface area contributed by atoms with Crippen molar-refractivity contribution in [2.75, 3.05) is 11.7 Å². The second-order valence-electron chi connectivity index (χ2n) is 1.66. The van der Waals surface area contributed by atoms with Crippen molar-refractivity contribution in [2.45, 2.75) is 20.3 Å². The molecule has 1 nitrogen and oxygen atoms in total. The molecule has 0 amide bonds. The first-order valence-corrected chi connectivity index (χ1v) is 4.54. The van der Waals surface area contributed by atoms with Crippen LogP contribution in [0, 0.1) is 0 Å². The van der Waals surface area contributed by atoms with E-state index >= 15 is 0 Å². The van der Waals surface area contributed by atoms with Gasteiger partial charge in [-0.05, 0) is 24.4 Å². The lowest BCUT2D eigenvalue weighted by Crippen LogP contribution is -1.94. The Labute approximate surface area is 66.2 Å². The summed E-state index contributed by atoms with van der Waals surface area (Å²) in [4.78, 5) is 0. The van der Waals surface area contributed by atoms with E-state index in [1.807, 2.05) is 0 Å². The van der Waals surface area contributed by atoms with Crippen LogP contribution in [0.5, 0.6) is 0 Å². The molecular weight excluding hydrogens is 152 g/mol. The molecule has 0 atom stereocenters. The van der Waals surface area contributed by atoms with E-state index < -0.39 is 0 Å². The molecule has 54 valence electrons. The maximum absolute atomic E-state index is 5.04. The van der Waals surface area contributed by atoms with Crippen molar-refractivity contribution in [3.05, 3.63) is 0 Å². The SMILES string of the molecule is CCCSCOC(C)=S. The van der Waals surface area contributed by atoms with Crippen LogP contribution in [-0.4, -0.2) is 16.7 Å². The monoisotopic (exact) mass is 164 g/mol. The summed E-state index contributed by atoms with van der Waals surface area (Å²) in [6.07, 6.45) is 1.20. The molecule has 0 aromatic rings. The fourth-order valence-corrected chi connectivity index (χ4v) is 1.13. The standard InChI is InChI=1S/C6H12OS2/c1-3-4-9-5-7-6(2)8/h3-5H2,1-2H3. The van der Waals surface area contributed by atoms with Crippen molar-refractivity contribution >= 4 is 29.0 Å². The van der Waals surface area contributed by atoms with E-state index in [9.17, 15) is 0 Å². The van der Waals surface area contributed by atoms with Crippen molar-refractivity contribution in [1.82, 2.24) is 0 Å². The zero-order chi connectivity index (χ0) is 7.11. The van der Waals surface area contributed by atoms with E-state index in [4.69, 9.17) is 17.0 Å². The summed E-state index contributed by atoms with van der Waals surface area (Å²) < 4.78 is 5.04. The third-order valence-electron chi connectivity index (χ3n) is 0.694. The molecule has 0 saturated heterocycles. The first-order valence-electron chi connectivity index (χ1n) is 2.98. The molecule has 0 aliphatic rings. The lowest BCUT2D eigenvalue weighted by Gasteiger charge is -2.00. The highest BCUT2D eigenvalue weighted by molar-refractivity contribution is 7.99. The van der Waals surface area contributed by atoms with Crippen LogP contribution in [0.15, 0.2) is 0 Å². The minimum atomic E-state index is 0.638. The molecule has 0 aromatic heterocycles. The van der Waals surface area contributed by atoms with Crippen molar-refractivity contribution in [3.8, 4) is 0 Å². The quantitative estimate of drug-likeness (QED) is 0.359. The van der Waals surface area contributed by atoms with Crippen LogP contribution in [0.3, 0.4) is 0 Å². The largest absolute Gasteiger partial charge is 0.477 e. The second-order valence-corrected chi connectivity index (χ2v) is 3.29. The number of hydrogen-bond donors (Lipinski definition) is 0. The van der Waals surface area contributed by atoms with Crippen LogP contribution in [0.2, 0.25) is 0 Å². The van der Waals surface area contributed by atoms with Crippen LogP contribution in [0.1, 0.15) is 20.3 Å². The fourth-order valence-electron chi connectivity index (χ4n) is 0.328. The van der Waals surface area contributed by atoms with Gasteiger partial charge in [0.2, 0.25) is 0 Å². The summed E-state index contributed by atoms with van der Waals surface area (Å²) in [6, 6.07) is 0. The Hall–Kier alpha value is 0.240. The lowest BCUT2D eigenvalue weighted by atomic mass is 10.6. The molecule has 0 aromatic carbocycles. The molecule has 0 saturated carbocycles. The number of rotatable bonds is 4. The minimum Gasteiger partial charge on any atom is -0.477 e. The van der Waals surface area contributed by atoms with Gasteiger partial charge in [-0.2, -0.15) is 0 Å². The second kappa shape index (κ2) is 6.36. The summed E-state index contributed by atoms with van der Waals surface area (Å²) in [6.45, 7) is 3.94. The molecule has 0 aliphatic carbocycles. The summed E-state index contributed by atoms with van der Waals surface area (Å²) in [7, 11) is 0. The van der Waals surface area contributed by atoms with E-state index in [0.717, 1.165) is 5.75 Å². The Morgan fingerprint density at radius 2 is 2.33 bits per heavy atom. The van der Waals surface area contributed by atoms with Crippen molar-refractivity contribution in [2.24, 2.45) is 0 Å². The Morgan fingerprint density at radius 3 is 2.78 bits per heavy atom. The summed E-state index contributed by atoms with van der Waals surface area (Å²) in [5, 5.41) is 0.638. The molecule has 3 heteroatoms. The molecule has 0 rings (SSSR count). The molecule has 9 heavy (non-hydrogen) atoms. The minimum absolute atomic E-state index is 0.638. The Bertz CT molecular complexity index is 83.1. The molecule has 0 radical (unpaired) electrons. The van der Waals surface area contributed by atoms with E-state index in [2.05, 4.69) is 6.92 Å². The van der Waals surface area contributed by atoms with Gasteiger partial charge in [-0.25, -0.2) is 0 Å². The zero-order valence-corrected chi connectivity index (χ0v) is 7.48. The van der Waals surface area contributed by atoms with Crippen molar-refractivity contribution in [3.63, 3.8) is 0 Å². The third kappa shape index (κ3) is 8.24. The Morgan fingerprint density at radius 1 is 1.67 bits per heavy atom. The number of ether oxygens (including phenoxy) is 1. The normalized spacial score (nSPS) is 9.11. The average Bonchev–Trinajstić information content (AvgIpc) is 1.80. The number of thioether (sulfide) groups is 1. The highest BCUT2D eigenvalue weighted by Crippen LogP contribution is 2.01. The van der Waals surface area contributed by atoms with Crippen LogP contribution >= 0.6 is 24.0 Å². The molecule has 0 fully saturated rings. The van der Waals surface area contributed by atoms with E-state index in [0.29, 0.717) is 11.0 Å². The van der Waals surface area contributed by atoms with Gasteiger partial charge in [0.05, 0.1) is 0 Å². The number of thiocarbonyl (C=S) groups is 1. The summed E-state index contributed by atoms with van der Waals surface area (Å²) in [5.41, 5.74) is 0. The molecule has 0 spiro atoms. The smallest absolute Gasteiger partial charge is 0.157 e. The van der Waals surface area contributed by atoms with Crippen LogP contribution < -0.4 is 0 Å². The Kier molecular flexibility index (Phi) is 6.53. The lowest BCUT2D eigenvalue weighted by molar-refractivity contribution is 0.388. The van der Waals surface area contributed by atoms with Crippen LogP contribution in [0.4, 0.5) is 0 Å². The van der Waals surface area contributed by atoms with Gasteiger partial charge in [-0.3, -0.25) is 0 Å². The van der Waals surface area contributed by atoms with Gasteiger partial charge in [0.15, 0.2) is 5.05 Å². The average molecular weight is 164 g/mol. The van der Waals surface area contributed by atoms with Gasteiger partial charge >= 0.3 is 0 Å². The first kappa shape index (κ1) is 9.24. The molecule has 0 unspecified atom stereocenters. The maximum Gasteiger partial charge on any atom is 0.157 e. The predicted molar refractivity (Wildman–Crippen MR) is 47.0 cm³/mol. The van der Waals surface area contributed by atoms with Crippen LogP contribution in [0.25, 0.3) is 0 Å². The van der Waals surface area contributed by atoms with Gasteiger partial charge < -0.3 is 4.74 Å². The van der Waals surface area contributed by atoms with Crippen LogP contribution in [-0.2, 0) is 4.74 Å². The van der Waals surface area contributed by atoms with Gasteiger partial charge in [0, 0.05) is 6.92 Å². The van der Waals surface area contributed by atoms with Gasteiger partial charge in [-0.15, -0.1) is 11.8 Å². The zero-order valence-electron chi connectivity index (χ0n) is 5.85. The number of hydrogen-bond acceptors (Lipinski definition) is 3. The molecular formula is C6H12OS2. The summed E-state index contributed by atoms with van der Waals surface area (Å²) in [5.74, 6) is 1.87. The topological polar surface area (TPSA) is 9.23 Å². The fraction of sp³-hybridized carbons (Fsp3) is 0.833. The van der Waals surface area contributed by atoms with Gasteiger partial charge in [0.1, 0.15) is 5.94 Å². The van der Waals surface area contributed by atoms with Gasteiger partial charge in [-0.1, -0.05) is 6.92 Å².